The van der Waals surface area contributed by atoms with Crippen molar-refractivity contribution in [2.45, 2.75) is 341 Å². The van der Waals surface area contributed by atoms with E-state index in [1.807, 2.05) is 27.2 Å². The van der Waals surface area contributed by atoms with Crippen LogP contribution in [0.3, 0.4) is 0 Å². The fraction of sp³-hybridized carbons (Fsp3) is 0.894. The number of aliphatic hydroxyl groups is 1. The van der Waals surface area contributed by atoms with E-state index in [0.717, 1.165) is 38.5 Å². The van der Waals surface area contributed by atoms with Crippen molar-refractivity contribution in [1.82, 2.24) is 5.32 Å². The molecule has 0 aromatic rings. The second kappa shape index (κ2) is 57.4. The molecule has 0 aromatic carbocycles. The summed E-state index contributed by atoms with van der Waals surface area (Å²) in [5, 5.41) is 13.9. The van der Waals surface area contributed by atoms with Gasteiger partial charge in [0.2, 0.25) is 5.91 Å². The number of phosphoric ester groups is 1. The van der Waals surface area contributed by atoms with Gasteiger partial charge in [-0.05, 0) is 57.8 Å². The van der Waals surface area contributed by atoms with Crippen LogP contribution in [0.2, 0.25) is 0 Å². The zero-order valence-corrected chi connectivity index (χ0v) is 51.7. The maximum Gasteiger partial charge on any atom is 0.268 e. The molecule has 3 atom stereocenters. The van der Waals surface area contributed by atoms with Crippen LogP contribution in [0.25, 0.3) is 0 Å². The van der Waals surface area contributed by atoms with E-state index in [1.165, 1.54) is 270 Å². The van der Waals surface area contributed by atoms with Crippen LogP contribution in [-0.2, 0) is 18.4 Å². The summed E-state index contributed by atoms with van der Waals surface area (Å²) in [6, 6.07) is -0.903. The van der Waals surface area contributed by atoms with Crippen LogP contribution in [0.1, 0.15) is 328 Å². The summed E-state index contributed by atoms with van der Waals surface area (Å²) in [4.78, 5) is 25.6. The lowest BCUT2D eigenvalue weighted by atomic mass is 10.0. The number of carbonyl (C=O) groups is 1. The summed E-state index contributed by atoms with van der Waals surface area (Å²) in [5.41, 5.74) is 0. The number of unbranched alkanes of at least 4 members (excludes halogenated alkanes) is 44. The normalized spacial score (nSPS) is 14.0. The van der Waals surface area contributed by atoms with Crippen molar-refractivity contribution in [3.05, 3.63) is 36.5 Å². The van der Waals surface area contributed by atoms with E-state index in [4.69, 9.17) is 9.05 Å². The summed E-state index contributed by atoms with van der Waals surface area (Å²) >= 11 is 0. The van der Waals surface area contributed by atoms with Crippen molar-refractivity contribution in [2.75, 3.05) is 40.9 Å². The van der Waals surface area contributed by atoms with Crippen LogP contribution < -0.4 is 10.2 Å². The third kappa shape index (κ3) is 60.2. The minimum Gasteiger partial charge on any atom is -0.756 e. The number of phosphoric acid groups is 1. The first kappa shape index (κ1) is 73.7. The zero-order valence-electron chi connectivity index (χ0n) is 50.8. The van der Waals surface area contributed by atoms with Gasteiger partial charge in [-0.15, -0.1) is 0 Å². The summed E-state index contributed by atoms with van der Waals surface area (Å²) < 4.78 is 23.4. The van der Waals surface area contributed by atoms with Crippen molar-refractivity contribution < 1.29 is 32.9 Å². The Balaban J connectivity index is 4.14. The summed E-state index contributed by atoms with van der Waals surface area (Å²) in [6.07, 6.45) is 75.4. The Morgan fingerprint density at radius 2 is 0.747 bits per heavy atom. The largest absolute Gasteiger partial charge is 0.756 e. The van der Waals surface area contributed by atoms with Gasteiger partial charge in [0.1, 0.15) is 13.2 Å². The molecule has 0 heterocycles. The molecule has 0 aromatic heterocycles. The Morgan fingerprint density at radius 1 is 0.453 bits per heavy atom. The third-order valence-electron chi connectivity index (χ3n) is 15.1. The smallest absolute Gasteiger partial charge is 0.268 e. The zero-order chi connectivity index (χ0) is 54.9. The summed E-state index contributed by atoms with van der Waals surface area (Å²) in [7, 11) is 1.26. The van der Waals surface area contributed by atoms with Crippen LogP contribution in [0, 0.1) is 0 Å². The minimum absolute atomic E-state index is 0.00490. The number of hydrogen-bond donors (Lipinski definition) is 2. The van der Waals surface area contributed by atoms with Crippen LogP contribution in [0.4, 0.5) is 0 Å². The highest BCUT2D eigenvalue weighted by Gasteiger charge is 2.23. The number of nitrogens with one attached hydrogen (secondary N) is 1. The first-order valence-corrected chi connectivity index (χ1v) is 34.3. The molecule has 0 spiro atoms. The van der Waals surface area contributed by atoms with Gasteiger partial charge in [-0.3, -0.25) is 9.36 Å². The number of likely N-dealkylation sites (N-methyl/N-ethyl adjacent to an activating group) is 1. The molecule has 444 valence electrons. The van der Waals surface area contributed by atoms with Gasteiger partial charge in [0.15, 0.2) is 0 Å². The highest BCUT2D eigenvalue weighted by molar-refractivity contribution is 7.45. The topological polar surface area (TPSA) is 108 Å². The van der Waals surface area contributed by atoms with Crippen molar-refractivity contribution in [3.8, 4) is 0 Å². The highest BCUT2D eigenvalue weighted by Crippen LogP contribution is 2.38. The monoisotopic (exact) mass is 1080 g/mol. The van der Waals surface area contributed by atoms with Gasteiger partial charge in [0, 0.05) is 6.42 Å². The second-order valence-corrected chi connectivity index (χ2v) is 25.2. The molecule has 0 aliphatic heterocycles. The first-order valence-electron chi connectivity index (χ1n) is 32.9. The molecule has 0 saturated carbocycles. The maximum atomic E-state index is 13.0. The van der Waals surface area contributed by atoms with Crippen LogP contribution >= 0.6 is 7.82 Å². The second-order valence-electron chi connectivity index (χ2n) is 23.8. The first-order chi connectivity index (χ1) is 36.5. The Labute approximate surface area is 467 Å². The lowest BCUT2D eigenvalue weighted by molar-refractivity contribution is -0.870. The lowest BCUT2D eigenvalue weighted by Crippen LogP contribution is -2.45. The number of quaternary nitrogens is 1. The Morgan fingerprint density at radius 3 is 1.08 bits per heavy atom. The Hall–Kier alpha value is -1.28. The van der Waals surface area contributed by atoms with Gasteiger partial charge in [-0.25, -0.2) is 0 Å². The van der Waals surface area contributed by atoms with E-state index in [2.05, 4.69) is 43.5 Å². The molecule has 8 nitrogen and oxygen atoms in total. The van der Waals surface area contributed by atoms with Crippen molar-refractivity contribution in [2.24, 2.45) is 0 Å². The van der Waals surface area contributed by atoms with E-state index in [-0.39, 0.29) is 19.1 Å². The van der Waals surface area contributed by atoms with E-state index >= 15 is 0 Å². The number of allylic oxidation sites excluding steroid dienone is 5. The molecule has 0 aliphatic carbocycles. The number of rotatable bonds is 61. The maximum absolute atomic E-state index is 13.0. The molecule has 2 N–H and O–H groups in total. The highest BCUT2D eigenvalue weighted by atomic mass is 31.2. The fourth-order valence-electron chi connectivity index (χ4n) is 9.93. The van der Waals surface area contributed by atoms with Gasteiger partial charge in [-0.2, -0.15) is 0 Å². The van der Waals surface area contributed by atoms with Crippen LogP contribution in [0.15, 0.2) is 36.5 Å². The number of amides is 1. The molecule has 75 heavy (non-hydrogen) atoms. The standard InChI is InChI=1S/C66H129N2O6P/c1-6-8-10-12-14-16-18-20-22-24-26-28-30-32-34-36-38-40-42-44-46-48-50-52-54-56-58-60-66(70)67-64(63-74-75(71,72)73-62-61-68(3,4)5)65(69)59-57-55-53-51-49-47-45-43-41-39-37-35-33-31-29-27-25-23-21-19-17-15-13-11-9-7-2/h24,26,49,51,57,59,64-65,69H,6-23,25,27-48,50,52-56,58,60-63H2,1-5H3,(H-,67,70,71,72)/b26-24-,51-49+,59-57+. The fourth-order valence-corrected chi connectivity index (χ4v) is 10.7. The molecule has 9 heteroatoms. The van der Waals surface area contributed by atoms with Crippen molar-refractivity contribution >= 4 is 13.7 Å². The predicted octanol–water partition coefficient (Wildman–Crippen LogP) is 19.9. The average molecular weight is 1080 g/mol. The number of aliphatic hydroxyl groups excluding tert-OH is 1. The van der Waals surface area contributed by atoms with E-state index in [0.29, 0.717) is 17.4 Å². The molecule has 0 bridgehead atoms. The molecule has 0 saturated heterocycles. The van der Waals surface area contributed by atoms with Gasteiger partial charge in [0.25, 0.3) is 7.82 Å². The third-order valence-corrected chi connectivity index (χ3v) is 16.0. The molecule has 0 rings (SSSR count). The lowest BCUT2D eigenvalue weighted by Gasteiger charge is -2.29. The quantitative estimate of drug-likeness (QED) is 0.0272. The van der Waals surface area contributed by atoms with Gasteiger partial charge >= 0.3 is 0 Å². The van der Waals surface area contributed by atoms with Crippen molar-refractivity contribution in [3.63, 3.8) is 0 Å². The summed E-state index contributed by atoms with van der Waals surface area (Å²) in [6.45, 7) is 4.68. The SMILES string of the molecule is CCCCCCCCCC/C=C\CCCCCCCCCCCCCCCCCC(=O)NC(COP(=O)([O-])OCC[N+](C)(C)C)C(O)/C=C/CC/C=C/CCCCCCCCCCCCCCCCCCCCCC. The molecule has 1 amide bonds. The summed E-state index contributed by atoms with van der Waals surface area (Å²) in [5.74, 6) is -0.201. The molecule has 0 aliphatic rings. The number of carbonyl (C=O) groups excluding carboxylic acids is 1. The van der Waals surface area contributed by atoms with Crippen molar-refractivity contribution in [1.29, 1.82) is 0 Å². The number of nitrogens with zero attached hydrogens (tertiary/aromatic N) is 1. The Bertz CT molecular complexity index is 1320. The van der Waals surface area contributed by atoms with Crippen LogP contribution in [-0.4, -0.2) is 68.5 Å². The minimum atomic E-state index is -4.61. The molecule has 0 radical (unpaired) electrons. The molecular formula is C66H129N2O6P. The molecule has 3 unspecified atom stereocenters. The molecule has 0 fully saturated rings. The molecular weight excluding hydrogens is 948 g/mol. The van der Waals surface area contributed by atoms with Gasteiger partial charge < -0.3 is 28.8 Å². The van der Waals surface area contributed by atoms with E-state index in [9.17, 15) is 19.4 Å². The number of hydrogen-bond acceptors (Lipinski definition) is 6. The van der Waals surface area contributed by atoms with Crippen LogP contribution in [0.5, 0.6) is 0 Å². The average Bonchev–Trinajstić information content (AvgIpc) is 3.37. The van der Waals surface area contributed by atoms with E-state index < -0.39 is 20.0 Å². The van der Waals surface area contributed by atoms with Gasteiger partial charge in [-0.1, -0.05) is 301 Å². The van der Waals surface area contributed by atoms with Gasteiger partial charge in [0.05, 0.1) is 39.9 Å². The predicted molar refractivity (Wildman–Crippen MR) is 325 cm³/mol. The van der Waals surface area contributed by atoms with E-state index in [1.54, 1.807) is 6.08 Å². The Kier molecular flexibility index (Phi) is 56.4.